The van der Waals surface area contributed by atoms with Crippen LogP contribution in [-0.2, 0) is 12.8 Å². The number of imidazole rings is 1. The third-order valence-corrected chi connectivity index (χ3v) is 5.97. The number of aryl methyl sites for hydroxylation is 1. The molecule has 25 heavy (non-hydrogen) atoms. The minimum atomic E-state index is 0.794. The van der Waals surface area contributed by atoms with Crippen molar-refractivity contribution in [2.45, 2.75) is 10.9 Å². The van der Waals surface area contributed by atoms with Gasteiger partial charge >= 0.3 is 0 Å². The topological polar surface area (TPSA) is 39.9 Å². The molecule has 6 heteroatoms. The third-order valence-electron chi connectivity index (χ3n) is 3.98. The van der Waals surface area contributed by atoms with Gasteiger partial charge in [0.15, 0.2) is 5.16 Å². The predicted octanol–water partition coefficient (Wildman–Crippen LogP) is 5.00. The lowest BCUT2D eigenvalue weighted by Gasteiger charge is -2.04. The molecule has 0 spiro atoms. The average Bonchev–Trinajstić information content (AvgIpc) is 3.25. The standard InChI is InChI=1S/C19H17N3OS2/c1-22-16-9-5-4-8-15(16)21-19(22)25-12-13-11-24-18(20-13)14-7-3-6-10-17(14)23-2/h3-11H,12H2,1-2H3. The molecule has 0 N–H and O–H groups in total. The van der Waals surface area contributed by atoms with Crippen LogP contribution in [0.15, 0.2) is 59.1 Å². The molecule has 0 saturated carbocycles. The molecule has 0 fully saturated rings. The maximum atomic E-state index is 5.44. The van der Waals surface area contributed by atoms with Gasteiger partial charge in [-0.2, -0.15) is 0 Å². The van der Waals surface area contributed by atoms with Gasteiger partial charge in [-0.25, -0.2) is 9.97 Å². The zero-order valence-corrected chi connectivity index (χ0v) is 15.6. The zero-order chi connectivity index (χ0) is 17.2. The fourth-order valence-electron chi connectivity index (χ4n) is 2.71. The zero-order valence-electron chi connectivity index (χ0n) is 14.0. The second-order valence-corrected chi connectivity index (χ2v) is 7.38. The Morgan fingerprint density at radius 2 is 1.88 bits per heavy atom. The van der Waals surface area contributed by atoms with Gasteiger partial charge in [0.25, 0.3) is 0 Å². The fraction of sp³-hybridized carbons (Fsp3) is 0.158. The number of para-hydroxylation sites is 3. The molecule has 0 aliphatic rings. The van der Waals surface area contributed by atoms with Gasteiger partial charge in [-0.05, 0) is 24.3 Å². The highest BCUT2D eigenvalue weighted by molar-refractivity contribution is 7.98. The van der Waals surface area contributed by atoms with Gasteiger partial charge in [-0.15, -0.1) is 11.3 Å². The summed E-state index contributed by atoms with van der Waals surface area (Å²) in [6, 6.07) is 16.2. The average molecular weight is 367 g/mol. The van der Waals surface area contributed by atoms with Gasteiger partial charge in [0.1, 0.15) is 10.8 Å². The van der Waals surface area contributed by atoms with Crippen LogP contribution in [0.2, 0.25) is 0 Å². The number of thiazole rings is 1. The molecule has 4 nitrogen and oxygen atoms in total. The molecule has 2 aromatic carbocycles. The normalized spacial score (nSPS) is 11.1. The van der Waals surface area contributed by atoms with Crippen LogP contribution in [0.3, 0.4) is 0 Å². The molecule has 2 aromatic heterocycles. The number of benzene rings is 2. The van der Waals surface area contributed by atoms with Crippen molar-refractivity contribution in [1.82, 2.24) is 14.5 Å². The van der Waals surface area contributed by atoms with Crippen LogP contribution >= 0.6 is 23.1 Å². The Morgan fingerprint density at radius 1 is 1.08 bits per heavy atom. The second kappa shape index (κ2) is 6.90. The number of rotatable bonds is 5. The van der Waals surface area contributed by atoms with Crippen molar-refractivity contribution in [3.63, 3.8) is 0 Å². The smallest absolute Gasteiger partial charge is 0.169 e. The third kappa shape index (κ3) is 3.15. The first-order chi connectivity index (χ1) is 12.3. The van der Waals surface area contributed by atoms with Crippen molar-refractivity contribution in [2.75, 3.05) is 7.11 Å². The van der Waals surface area contributed by atoms with E-state index in [2.05, 4.69) is 23.1 Å². The molecule has 126 valence electrons. The molecule has 0 saturated heterocycles. The van der Waals surface area contributed by atoms with Gasteiger partial charge in [0.05, 0.1) is 29.4 Å². The molecule has 0 unspecified atom stereocenters. The molecule has 4 rings (SSSR count). The van der Waals surface area contributed by atoms with E-state index in [0.29, 0.717) is 0 Å². The SMILES string of the molecule is COc1ccccc1-c1nc(CSc2nc3ccccc3n2C)cs1. The van der Waals surface area contributed by atoms with Gasteiger partial charge in [-0.1, -0.05) is 36.0 Å². The number of hydrogen-bond donors (Lipinski definition) is 0. The van der Waals surface area contributed by atoms with Crippen molar-refractivity contribution in [3.8, 4) is 16.3 Å². The molecule has 2 heterocycles. The van der Waals surface area contributed by atoms with Crippen LogP contribution in [0.4, 0.5) is 0 Å². The first kappa shape index (κ1) is 16.2. The number of thioether (sulfide) groups is 1. The molecule has 0 aliphatic heterocycles. The van der Waals surface area contributed by atoms with Gasteiger partial charge in [0, 0.05) is 18.2 Å². The Hall–Kier alpha value is -2.31. The summed E-state index contributed by atoms with van der Waals surface area (Å²) >= 11 is 3.35. The second-order valence-electron chi connectivity index (χ2n) is 5.58. The van der Waals surface area contributed by atoms with E-state index in [0.717, 1.165) is 44.0 Å². The van der Waals surface area contributed by atoms with E-state index in [1.165, 1.54) is 0 Å². The summed E-state index contributed by atoms with van der Waals surface area (Å²) in [7, 11) is 3.74. The summed E-state index contributed by atoms with van der Waals surface area (Å²) < 4.78 is 7.57. The lowest BCUT2D eigenvalue weighted by Crippen LogP contribution is -1.91. The number of methoxy groups -OCH3 is 1. The highest BCUT2D eigenvalue weighted by Crippen LogP contribution is 2.33. The van der Waals surface area contributed by atoms with Crippen LogP contribution in [0.5, 0.6) is 5.75 Å². The van der Waals surface area contributed by atoms with Crippen molar-refractivity contribution in [3.05, 3.63) is 59.6 Å². The van der Waals surface area contributed by atoms with E-state index in [9.17, 15) is 0 Å². The van der Waals surface area contributed by atoms with E-state index in [1.54, 1.807) is 30.2 Å². The monoisotopic (exact) mass is 367 g/mol. The lowest BCUT2D eigenvalue weighted by atomic mass is 10.2. The van der Waals surface area contributed by atoms with Crippen molar-refractivity contribution in [2.24, 2.45) is 7.05 Å². The summed E-state index contributed by atoms with van der Waals surface area (Å²) in [5.74, 6) is 1.65. The quantitative estimate of drug-likeness (QED) is 0.466. The Bertz CT molecular complexity index is 1020. The van der Waals surface area contributed by atoms with Crippen molar-refractivity contribution >= 4 is 34.1 Å². The van der Waals surface area contributed by atoms with E-state index in [4.69, 9.17) is 14.7 Å². The fourth-order valence-corrected chi connectivity index (χ4v) is 4.54. The summed E-state index contributed by atoms with van der Waals surface area (Å²) in [6.45, 7) is 0. The van der Waals surface area contributed by atoms with E-state index >= 15 is 0 Å². The maximum absolute atomic E-state index is 5.44. The van der Waals surface area contributed by atoms with Crippen LogP contribution in [0.1, 0.15) is 5.69 Å². The summed E-state index contributed by atoms with van der Waals surface area (Å²) in [5, 5.41) is 4.10. The molecule has 0 atom stereocenters. The number of ether oxygens (including phenoxy) is 1. The number of fused-ring (bicyclic) bond motifs is 1. The number of hydrogen-bond acceptors (Lipinski definition) is 5. The Labute approximate surface area is 154 Å². The van der Waals surface area contributed by atoms with E-state index in [1.807, 2.05) is 42.5 Å². The Kier molecular flexibility index (Phi) is 4.46. The lowest BCUT2D eigenvalue weighted by molar-refractivity contribution is 0.416. The largest absolute Gasteiger partial charge is 0.496 e. The highest BCUT2D eigenvalue weighted by atomic mass is 32.2. The van der Waals surface area contributed by atoms with E-state index in [-0.39, 0.29) is 0 Å². The molecule has 4 aromatic rings. The Balaban J connectivity index is 1.54. The summed E-state index contributed by atoms with van der Waals surface area (Å²) in [4.78, 5) is 9.47. The summed E-state index contributed by atoms with van der Waals surface area (Å²) in [6.07, 6.45) is 0. The van der Waals surface area contributed by atoms with Gasteiger partial charge in [0.2, 0.25) is 0 Å². The highest BCUT2D eigenvalue weighted by Gasteiger charge is 2.12. The molecule has 0 aliphatic carbocycles. The first-order valence-corrected chi connectivity index (χ1v) is 9.75. The van der Waals surface area contributed by atoms with Gasteiger partial charge in [-0.3, -0.25) is 0 Å². The maximum Gasteiger partial charge on any atom is 0.169 e. The van der Waals surface area contributed by atoms with Crippen LogP contribution in [-0.4, -0.2) is 21.6 Å². The van der Waals surface area contributed by atoms with Crippen molar-refractivity contribution < 1.29 is 4.74 Å². The number of nitrogens with zero attached hydrogens (tertiary/aromatic N) is 3. The van der Waals surface area contributed by atoms with Gasteiger partial charge < -0.3 is 9.30 Å². The summed E-state index contributed by atoms with van der Waals surface area (Å²) in [5.41, 5.74) is 4.27. The van der Waals surface area contributed by atoms with Crippen LogP contribution in [0.25, 0.3) is 21.6 Å². The van der Waals surface area contributed by atoms with Crippen LogP contribution < -0.4 is 4.74 Å². The molecular weight excluding hydrogens is 350 g/mol. The Morgan fingerprint density at radius 3 is 2.72 bits per heavy atom. The van der Waals surface area contributed by atoms with E-state index < -0.39 is 0 Å². The predicted molar refractivity (Wildman–Crippen MR) is 104 cm³/mol. The molecule has 0 amide bonds. The van der Waals surface area contributed by atoms with Crippen LogP contribution in [0, 0.1) is 0 Å². The minimum absolute atomic E-state index is 0.794. The number of aromatic nitrogens is 3. The van der Waals surface area contributed by atoms with Crippen molar-refractivity contribution in [1.29, 1.82) is 0 Å². The minimum Gasteiger partial charge on any atom is -0.496 e. The molecule has 0 bridgehead atoms. The first-order valence-electron chi connectivity index (χ1n) is 7.88. The molecule has 0 radical (unpaired) electrons. The molecular formula is C19H17N3OS2.